The molecule has 8 nitrogen and oxygen atoms in total. The van der Waals surface area contributed by atoms with Gasteiger partial charge in [0.05, 0.1) is 15.5 Å². The van der Waals surface area contributed by atoms with E-state index in [0.717, 1.165) is 34.7 Å². The first-order valence-electron chi connectivity index (χ1n) is 11.8. The molecule has 0 bridgehead atoms. The van der Waals surface area contributed by atoms with Gasteiger partial charge in [0.2, 0.25) is 15.9 Å². The molecule has 0 spiro atoms. The molecule has 2 aliphatic rings. The lowest BCUT2D eigenvalue weighted by Crippen LogP contribution is -2.40. The highest BCUT2D eigenvalue weighted by Gasteiger charge is 2.36. The van der Waals surface area contributed by atoms with Gasteiger partial charge in [-0.15, -0.1) is 0 Å². The number of rotatable bonds is 5. The summed E-state index contributed by atoms with van der Waals surface area (Å²) in [6.07, 6.45) is 2.72. The molecule has 1 amide bonds. The number of carbonyl (C=O) groups excluding carboxylic acids is 1. The van der Waals surface area contributed by atoms with Gasteiger partial charge in [-0.25, -0.2) is 16.8 Å². The van der Waals surface area contributed by atoms with Gasteiger partial charge in [0.1, 0.15) is 6.54 Å². The first kappa shape index (κ1) is 24.5. The van der Waals surface area contributed by atoms with E-state index in [1.807, 2.05) is 19.1 Å². The number of aryl methyl sites for hydroxylation is 1. The Morgan fingerprint density at radius 3 is 2.33 bits per heavy atom. The van der Waals surface area contributed by atoms with Crippen LogP contribution in [0, 0.1) is 6.92 Å². The lowest BCUT2D eigenvalue weighted by molar-refractivity contribution is -0.114. The number of nitrogens with zero attached hydrogens (tertiary/aromatic N) is 2. The fourth-order valence-corrected chi connectivity index (χ4v) is 7.88. The maximum absolute atomic E-state index is 13.4. The first-order chi connectivity index (χ1) is 17.2. The van der Waals surface area contributed by atoms with Crippen LogP contribution in [0.5, 0.6) is 0 Å². The average Bonchev–Trinajstić information content (AvgIpc) is 2.88. The lowest BCUT2D eigenvalue weighted by atomic mass is 10.0. The zero-order chi connectivity index (χ0) is 25.5. The van der Waals surface area contributed by atoms with Crippen LogP contribution in [0.3, 0.4) is 0 Å². The predicted octanol–water partition coefficient (Wildman–Crippen LogP) is 3.98. The summed E-state index contributed by atoms with van der Waals surface area (Å²) in [5.41, 5.74) is 3.17. The van der Waals surface area contributed by atoms with Crippen molar-refractivity contribution >= 4 is 37.3 Å². The average molecular weight is 526 g/mol. The van der Waals surface area contributed by atoms with E-state index in [1.54, 1.807) is 30.3 Å². The summed E-state index contributed by atoms with van der Waals surface area (Å²) in [6, 6.07) is 18.2. The van der Waals surface area contributed by atoms with Crippen molar-refractivity contribution in [2.45, 2.75) is 36.0 Å². The Morgan fingerprint density at radius 2 is 1.61 bits per heavy atom. The molecule has 0 atom stereocenters. The molecule has 10 heteroatoms. The summed E-state index contributed by atoms with van der Waals surface area (Å²) in [6.45, 7) is 2.53. The van der Waals surface area contributed by atoms with Crippen molar-refractivity contribution in [3.05, 3.63) is 72.3 Å². The van der Waals surface area contributed by atoms with E-state index in [2.05, 4.69) is 5.32 Å². The number of hydrogen-bond acceptors (Lipinski definition) is 5. The summed E-state index contributed by atoms with van der Waals surface area (Å²) in [7, 11) is -7.53. The Morgan fingerprint density at radius 1 is 0.917 bits per heavy atom. The molecule has 0 saturated carbocycles. The van der Waals surface area contributed by atoms with Crippen molar-refractivity contribution in [1.82, 2.24) is 4.31 Å². The Balaban J connectivity index is 1.37. The minimum absolute atomic E-state index is 0.156. The second-order valence-corrected chi connectivity index (χ2v) is 12.8. The third-order valence-electron chi connectivity index (χ3n) is 6.54. The predicted molar refractivity (Wildman–Crippen MR) is 139 cm³/mol. The van der Waals surface area contributed by atoms with Gasteiger partial charge in [0.25, 0.3) is 10.0 Å². The van der Waals surface area contributed by atoms with E-state index in [9.17, 15) is 21.6 Å². The molecular formula is C26H27N3O5S2. The number of sulfonamides is 2. The summed E-state index contributed by atoms with van der Waals surface area (Å²) < 4.78 is 55.2. The quantitative estimate of drug-likeness (QED) is 0.543. The van der Waals surface area contributed by atoms with Crippen LogP contribution in [0.1, 0.15) is 24.8 Å². The van der Waals surface area contributed by atoms with Gasteiger partial charge in [-0.3, -0.25) is 9.10 Å². The second-order valence-electron chi connectivity index (χ2n) is 9.07. The minimum atomic E-state index is -3.95. The number of nitrogens with one attached hydrogen (secondary N) is 1. The number of carbonyl (C=O) groups is 1. The van der Waals surface area contributed by atoms with Gasteiger partial charge < -0.3 is 5.32 Å². The van der Waals surface area contributed by atoms with E-state index >= 15 is 0 Å². The van der Waals surface area contributed by atoms with Crippen LogP contribution in [-0.4, -0.2) is 46.7 Å². The Labute approximate surface area is 211 Å². The van der Waals surface area contributed by atoms with Crippen LogP contribution in [0.15, 0.2) is 76.5 Å². The standard InChI is InChI=1S/C26H27N3O5S2/c1-19-9-14-24-23(17-19)22-7-3-4-8-25(22)36(33,34)29(24)18-26(30)27-20-10-12-21(13-11-20)35(31,32)28-15-5-2-6-16-28/h3-4,7-14,17H,2,5-6,15-16,18H2,1H3,(H,27,30). The summed E-state index contributed by atoms with van der Waals surface area (Å²) in [5, 5.41) is 2.70. The van der Waals surface area contributed by atoms with Crippen LogP contribution >= 0.6 is 0 Å². The van der Waals surface area contributed by atoms with E-state index in [-0.39, 0.29) is 9.79 Å². The maximum Gasteiger partial charge on any atom is 0.265 e. The number of fused-ring (bicyclic) bond motifs is 3. The molecule has 3 aromatic rings. The summed E-state index contributed by atoms with van der Waals surface area (Å²) in [4.78, 5) is 13.3. The zero-order valence-electron chi connectivity index (χ0n) is 19.8. The minimum Gasteiger partial charge on any atom is -0.325 e. The van der Waals surface area contributed by atoms with Gasteiger partial charge in [-0.1, -0.05) is 36.2 Å². The Hall–Kier alpha value is -3.21. The van der Waals surface area contributed by atoms with Crippen LogP contribution in [0.25, 0.3) is 11.1 Å². The van der Waals surface area contributed by atoms with Crippen molar-refractivity contribution in [2.24, 2.45) is 0 Å². The summed E-state index contributed by atoms with van der Waals surface area (Å²) >= 11 is 0. The SMILES string of the molecule is Cc1ccc2c(c1)-c1ccccc1S(=O)(=O)N2CC(=O)Nc1ccc(S(=O)(=O)N2CCCCC2)cc1. The molecule has 1 fully saturated rings. The maximum atomic E-state index is 13.4. The van der Waals surface area contributed by atoms with Crippen molar-refractivity contribution in [1.29, 1.82) is 0 Å². The number of anilines is 2. The molecule has 0 unspecified atom stereocenters. The molecule has 1 saturated heterocycles. The van der Waals surface area contributed by atoms with Crippen molar-refractivity contribution in [2.75, 3.05) is 29.3 Å². The van der Waals surface area contributed by atoms with Crippen LogP contribution in [0.2, 0.25) is 0 Å². The molecule has 5 rings (SSSR count). The van der Waals surface area contributed by atoms with Gasteiger partial charge >= 0.3 is 0 Å². The van der Waals surface area contributed by atoms with E-state index in [4.69, 9.17) is 0 Å². The second kappa shape index (κ2) is 9.34. The largest absolute Gasteiger partial charge is 0.325 e. The normalized spacial score (nSPS) is 17.2. The molecule has 188 valence electrons. The number of piperidine rings is 1. The smallest absolute Gasteiger partial charge is 0.265 e. The van der Waals surface area contributed by atoms with E-state index < -0.39 is 32.5 Å². The van der Waals surface area contributed by atoms with E-state index in [1.165, 1.54) is 28.6 Å². The van der Waals surface area contributed by atoms with Crippen molar-refractivity contribution < 1.29 is 21.6 Å². The molecule has 3 aromatic carbocycles. The number of amides is 1. The fraction of sp³-hybridized carbons (Fsp3) is 0.269. The van der Waals surface area contributed by atoms with Gasteiger partial charge in [-0.05, 0) is 62.2 Å². The Bertz CT molecular complexity index is 1530. The molecule has 36 heavy (non-hydrogen) atoms. The van der Waals surface area contributed by atoms with Crippen molar-refractivity contribution in [3.8, 4) is 11.1 Å². The Kier molecular flexibility index (Phi) is 6.36. The molecule has 0 aromatic heterocycles. The van der Waals surface area contributed by atoms with Crippen LogP contribution in [0.4, 0.5) is 11.4 Å². The third kappa shape index (κ3) is 4.40. The van der Waals surface area contributed by atoms with Gasteiger partial charge in [0, 0.05) is 29.9 Å². The highest BCUT2D eigenvalue weighted by Crippen LogP contribution is 2.43. The van der Waals surface area contributed by atoms with Crippen LogP contribution < -0.4 is 9.62 Å². The molecule has 2 aliphatic heterocycles. The molecule has 2 heterocycles. The molecule has 1 N–H and O–H groups in total. The third-order valence-corrected chi connectivity index (χ3v) is 10.3. The summed E-state index contributed by atoms with van der Waals surface area (Å²) in [5.74, 6) is -0.531. The molecular weight excluding hydrogens is 498 g/mol. The topological polar surface area (TPSA) is 104 Å². The number of hydrogen-bond donors (Lipinski definition) is 1. The highest BCUT2D eigenvalue weighted by atomic mass is 32.2. The van der Waals surface area contributed by atoms with Gasteiger partial charge in [0.15, 0.2) is 0 Å². The molecule has 0 aliphatic carbocycles. The first-order valence-corrected chi connectivity index (χ1v) is 14.7. The number of benzene rings is 3. The van der Waals surface area contributed by atoms with E-state index in [0.29, 0.717) is 30.0 Å². The molecule has 0 radical (unpaired) electrons. The zero-order valence-corrected chi connectivity index (χ0v) is 21.5. The highest BCUT2D eigenvalue weighted by molar-refractivity contribution is 7.93. The monoisotopic (exact) mass is 525 g/mol. The van der Waals surface area contributed by atoms with Crippen molar-refractivity contribution in [3.63, 3.8) is 0 Å². The van der Waals surface area contributed by atoms with Gasteiger partial charge in [-0.2, -0.15) is 4.31 Å². The van der Waals surface area contributed by atoms with Crippen LogP contribution in [-0.2, 0) is 24.8 Å². The fourth-order valence-electron chi connectivity index (χ4n) is 4.71. The lowest BCUT2D eigenvalue weighted by Gasteiger charge is -2.31.